The molecule has 4 aromatic heterocycles. The van der Waals surface area contributed by atoms with Crippen LogP contribution in [0.2, 0.25) is 0 Å². The third-order valence-corrected chi connectivity index (χ3v) is 6.18. The topological polar surface area (TPSA) is 51.8 Å². The first-order valence-corrected chi connectivity index (χ1v) is 11.9. The van der Waals surface area contributed by atoms with E-state index >= 15 is 0 Å². The molecule has 0 saturated carbocycles. The van der Waals surface area contributed by atoms with Crippen molar-refractivity contribution in [2.75, 3.05) is 0 Å². The molecule has 0 atom stereocenters. The van der Waals surface area contributed by atoms with Gasteiger partial charge in [0, 0.05) is 76.5 Å². The zero-order chi connectivity index (χ0) is 36.9. The van der Waals surface area contributed by atoms with Crippen LogP contribution in [0.1, 0.15) is 39.0 Å². The average Bonchev–Trinajstić information content (AvgIpc) is 3.46. The number of benzene rings is 3. The fourth-order valence-corrected chi connectivity index (χ4v) is 4.36. The Labute approximate surface area is 264 Å². The summed E-state index contributed by atoms with van der Waals surface area (Å²) in [5.41, 5.74) is 2.97. The zero-order valence-corrected chi connectivity index (χ0v) is 23.1. The van der Waals surface area contributed by atoms with Crippen LogP contribution in [-0.2, 0) is 20.1 Å². The van der Waals surface area contributed by atoms with Gasteiger partial charge in [0.2, 0.25) is 0 Å². The van der Waals surface area contributed by atoms with E-state index in [4.69, 9.17) is 20.9 Å². The molecule has 1 radical (unpaired) electrons. The predicted octanol–water partition coefficient (Wildman–Crippen LogP) is 8.78. The first kappa shape index (κ1) is 16.2. The van der Waals surface area contributed by atoms with Crippen LogP contribution in [-0.4, -0.2) is 15.0 Å². The van der Waals surface area contributed by atoms with Crippen molar-refractivity contribution in [3.8, 4) is 22.5 Å². The van der Waals surface area contributed by atoms with Gasteiger partial charge in [-0.25, -0.2) is 0 Å². The van der Waals surface area contributed by atoms with Crippen molar-refractivity contribution in [2.24, 2.45) is 0 Å². The van der Waals surface area contributed by atoms with Gasteiger partial charge in [0.15, 0.2) is 0 Å². The molecule has 0 amide bonds. The number of fused-ring (bicyclic) bond motifs is 5. The number of aromatic nitrogens is 3. The monoisotopic (exact) mass is 710 g/mol. The van der Waals surface area contributed by atoms with Crippen LogP contribution in [0, 0.1) is 39.5 Å². The quantitative estimate of drug-likeness (QED) is 0.169. The molecule has 0 saturated heterocycles. The summed E-state index contributed by atoms with van der Waals surface area (Å²) < 4.78 is 97.5. The van der Waals surface area contributed by atoms with E-state index in [1.165, 1.54) is 24.5 Å². The normalized spacial score (nSPS) is 16.5. The van der Waals surface area contributed by atoms with Crippen LogP contribution < -0.4 is 0 Å². The molecule has 40 heavy (non-hydrogen) atoms. The second-order valence-electron chi connectivity index (χ2n) is 8.73. The van der Waals surface area contributed by atoms with Crippen molar-refractivity contribution >= 4 is 32.7 Å². The smallest absolute Gasteiger partial charge is 0.128 e. The Morgan fingerprint density at radius 2 is 1.45 bits per heavy atom. The molecule has 199 valence electrons. The van der Waals surface area contributed by atoms with Crippen LogP contribution >= 0.6 is 0 Å². The maximum Gasteiger partial charge on any atom is 0.128 e. The number of furan rings is 1. The molecule has 0 fully saturated rings. The molecule has 0 N–H and O–H groups in total. The summed E-state index contributed by atoms with van der Waals surface area (Å²) >= 11 is 0. The summed E-state index contributed by atoms with van der Waals surface area (Å²) in [5.74, 6) is 0. The molecular formula is C35H27IrN3O-2. The molecule has 0 aliphatic carbocycles. The minimum Gasteiger partial charge on any atom is -0.500 e. The predicted molar refractivity (Wildman–Crippen MR) is 159 cm³/mol. The summed E-state index contributed by atoms with van der Waals surface area (Å²) in [7, 11) is 0. The van der Waals surface area contributed by atoms with E-state index < -0.39 is 27.4 Å². The van der Waals surface area contributed by atoms with Crippen molar-refractivity contribution in [3.05, 3.63) is 126 Å². The fourth-order valence-electron chi connectivity index (χ4n) is 4.36. The Kier molecular flexibility index (Phi) is 4.65. The van der Waals surface area contributed by atoms with Gasteiger partial charge in [0.1, 0.15) is 5.58 Å². The Balaban J connectivity index is 0.000000258. The Hall–Kier alpha value is -4.18. The average molecular weight is 710 g/mol. The van der Waals surface area contributed by atoms with Crippen molar-refractivity contribution < 1.29 is 41.0 Å². The van der Waals surface area contributed by atoms with Gasteiger partial charge in [-0.3, -0.25) is 4.98 Å². The molecule has 0 aliphatic heterocycles. The maximum absolute atomic E-state index is 7.88. The minimum atomic E-state index is -2.63. The van der Waals surface area contributed by atoms with E-state index in [1.807, 2.05) is 18.2 Å². The number of aryl methyl sites for hydroxylation is 4. The third kappa shape index (κ3) is 5.31. The second kappa shape index (κ2) is 11.5. The second-order valence-corrected chi connectivity index (χ2v) is 8.73. The molecule has 4 heterocycles. The molecule has 0 bridgehead atoms. The molecule has 7 rings (SSSR count). The molecule has 0 spiro atoms. The van der Waals surface area contributed by atoms with Gasteiger partial charge in [0.05, 0.1) is 5.58 Å². The van der Waals surface area contributed by atoms with E-state index in [0.29, 0.717) is 38.6 Å². The van der Waals surface area contributed by atoms with Gasteiger partial charge >= 0.3 is 0 Å². The summed E-state index contributed by atoms with van der Waals surface area (Å²) in [5, 5.41) is 1.94. The largest absolute Gasteiger partial charge is 0.500 e. The van der Waals surface area contributed by atoms with Gasteiger partial charge < -0.3 is 14.4 Å². The van der Waals surface area contributed by atoms with E-state index in [1.54, 1.807) is 48.5 Å². The summed E-state index contributed by atoms with van der Waals surface area (Å²) in [4.78, 5) is 12.4. The number of hydrogen-bond acceptors (Lipinski definition) is 4. The first-order chi connectivity index (χ1) is 23.8. The Bertz CT molecular complexity index is 2350. The first-order valence-electron chi connectivity index (χ1n) is 17.9. The van der Waals surface area contributed by atoms with Crippen molar-refractivity contribution in [1.82, 2.24) is 15.0 Å². The van der Waals surface area contributed by atoms with Gasteiger partial charge in [-0.1, -0.05) is 47.3 Å². The Morgan fingerprint density at radius 3 is 2.12 bits per heavy atom. The van der Waals surface area contributed by atoms with E-state index in [2.05, 4.69) is 27.1 Å². The van der Waals surface area contributed by atoms with Crippen LogP contribution in [0.4, 0.5) is 0 Å². The SMILES string of the molecule is [2H]C([2H])([2H])c1ccc(-c2[c-]ccc3c2oc2c4cc(C([2H])([2H])[2H])nc(C([2H])([2H])[2H])c4ccc32)nc1.[2H]C([2H])([2H])c1ccc(-c2[c-]cccc2)nc1.[Ir]. The van der Waals surface area contributed by atoms with Crippen LogP contribution in [0.25, 0.3) is 55.2 Å². The third-order valence-electron chi connectivity index (χ3n) is 6.18. The summed E-state index contributed by atoms with van der Waals surface area (Å²) in [6, 6.07) is 28.0. The molecule has 7 aromatic rings. The van der Waals surface area contributed by atoms with E-state index in [9.17, 15) is 0 Å². The fraction of sp³-hybridized carbons (Fsp3) is 0.114. The van der Waals surface area contributed by atoms with Crippen LogP contribution in [0.3, 0.4) is 0 Å². The summed E-state index contributed by atoms with van der Waals surface area (Å²) in [6.07, 6.45) is 2.67. The van der Waals surface area contributed by atoms with Crippen LogP contribution in [0.15, 0.2) is 95.7 Å². The molecular weight excluding hydrogens is 671 g/mol. The maximum atomic E-state index is 7.88. The number of nitrogens with zero attached hydrogens (tertiary/aromatic N) is 3. The standard InChI is InChI=1S/C23H17N2O.C12H10N.Ir/c1-13-7-10-21(24-12-13)19-6-4-5-17-18-9-8-16-15(3)25-14(2)11-20(16)23(18)26-22(17)19;1-10-7-8-12(13-9-10)11-5-3-2-4-6-11;/h4-5,7-12H,1-3H3;2-5,7-9H,1H3;/q2*-1;/i1D3,2D3,3D3;1D3;. The molecule has 4 nitrogen and oxygen atoms in total. The molecule has 0 unspecified atom stereocenters. The molecule has 0 aliphatic rings. The van der Waals surface area contributed by atoms with Crippen LogP contribution in [0.5, 0.6) is 0 Å². The minimum absolute atomic E-state index is 0. The van der Waals surface area contributed by atoms with E-state index in [-0.39, 0.29) is 48.0 Å². The molecule has 3 aromatic carbocycles. The molecule has 5 heteroatoms. The van der Waals surface area contributed by atoms with Gasteiger partial charge in [-0.2, -0.15) is 0 Å². The van der Waals surface area contributed by atoms with Gasteiger partial charge in [-0.05, 0) is 56.0 Å². The number of rotatable bonds is 2. The van der Waals surface area contributed by atoms with Crippen molar-refractivity contribution in [1.29, 1.82) is 0 Å². The van der Waals surface area contributed by atoms with Gasteiger partial charge in [-0.15, -0.1) is 54.1 Å². The van der Waals surface area contributed by atoms with Crippen molar-refractivity contribution in [2.45, 2.75) is 27.4 Å². The summed E-state index contributed by atoms with van der Waals surface area (Å²) in [6.45, 7) is -9.62. The van der Waals surface area contributed by atoms with Crippen molar-refractivity contribution in [3.63, 3.8) is 0 Å². The number of pyridine rings is 3. The van der Waals surface area contributed by atoms with Gasteiger partial charge in [0.25, 0.3) is 0 Å². The number of hydrogen-bond donors (Lipinski definition) is 0. The zero-order valence-electron chi connectivity index (χ0n) is 32.7. The van der Waals surface area contributed by atoms with E-state index in [0.717, 1.165) is 11.3 Å². The Morgan fingerprint density at radius 1 is 0.675 bits per heavy atom.